The molecule has 0 saturated heterocycles. The summed E-state index contributed by atoms with van der Waals surface area (Å²) in [6.07, 6.45) is 8.33. The summed E-state index contributed by atoms with van der Waals surface area (Å²) in [5.74, 6) is 2.14. The summed E-state index contributed by atoms with van der Waals surface area (Å²) in [5.41, 5.74) is 3.78. The molecule has 160 valence electrons. The maximum absolute atomic E-state index is 14.6. The molecule has 0 radical (unpaired) electrons. The first-order chi connectivity index (χ1) is 14.3. The van der Waals surface area contributed by atoms with Gasteiger partial charge >= 0.3 is 0 Å². The monoisotopic (exact) mass is 426 g/mol. The predicted octanol–water partition coefficient (Wildman–Crippen LogP) is 8.03. The van der Waals surface area contributed by atoms with Gasteiger partial charge in [-0.3, -0.25) is 0 Å². The lowest BCUT2D eigenvalue weighted by Gasteiger charge is -2.24. The fourth-order valence-corrected chi connectivity index (χ4v) is 5.26. The first-order valence-corrected chi connectivity index (χ1v) is 11.6. The first kappa shape index (κ1) is 21.4. The maximum Gasteiger partial charge on any atom is 0.130 e. The van der Waals surface area contributed by atoms with E-state index in [4.69, 9.17) is 16.6 Å². The molecule has 2 unspecified atom stereocenters. The Morgan fingerprint density at radius 1 is 1.10 bits per heavy atom. The number of hydrogen-bond donors (Lipinski definition) is 1. The summed E-state index contributed by atoms with van der Waals surface area (Å²) in [5, 5.41) is 0.737. The molecule has 1 aliphatic carbocycles. The number of benzene rings is 2. The minimum Gasteiger partial charge on any atom is -0.342 e. The molecule has 0 amide bonds. The topological polar surface area (TPSA) is 28.7 Å². The van der Waals surface area contributed by atoms with Gasteiger partial charge in [0.15, 0.2) is 0 Å². The molecule has 1 aromatic heterocycles. The highest BCUT2D eigenvalue weighted by molar-refractivity contribution is 6.31. The second kappa shape index (κ2) is 8.70. The van der Waals surface area contributed by atoms with Crippen LogP contribution in [-0.4, -0.2) is 9.97 Å². The maximum atomic E-state index is 14.6. The molecular formula is C26H32ClFN2. The lowest BCUT2D eigenvalue weighted by molar-refractivity contribution is 0.220. The Morgan fingerprint density at radius 3 is 2.70 bits per heavy atom. The van der Waals surface area contributed by atoms with E-state index in [0.29, 0.717) is 11.8 Å². The number of fused-ring (bicyclic) bond motifs is 1. The van der Waals surface area contributed by atoms with Gasteiger partial charge < -0.3 is 4.98 Å². The molecule has 1 aliphatic rings. The summed E-state index contributed by atoms with van der Waals surface area (Å²) in [6.45, 7) is 5.29. The number of H-pyrrole nitrogens is 1. The van der Waals surface area contributed by atoms with Crippen LogP contribution in [-0.2, 0) is 12.1 Å². The molecule has 0 aliphatic heterocycles. The largest absolute Gasteiger partial charge is 0.342 e. The average molecular weight is 427 g/mol. The second-order valence-corrected chi connectivity index (χ2v) is 9.88. The van der Waals surface area contributed by atoms with E-state index < -0.39 is 5.67 Å². The molecule has 0 spiro atoms. The summed E-state index contributed by atoms with van der Waals surface area (Å²) in [7, 11) is 0. The molecule has 4 rings (SSSR count). The zero-order valence-electron chi connectivity index (χ0n) is 18.3. The Balaban J connectivity index is 1.55. The van der Waals surface area contributed by atoms with Gasteiger partial charge in [0, 0.05) is 10.9 Å². The quantitative estimate of drug-likeness (QED) is 0.411. The zero-order valence-corrected chi connectivity index (χ0v) is 19.0. The minimum absolute atomic E-state index is 0.446. The Hall–Kier alpha value is -1.87. The highest BCUT2D eigenvalue weighted by Gasteiger charge is 2.28. The third-order valence-electron chi connectivity index (χ3n) is 6.72. The van der Waals surface area contributed by atoms with Gasteiger partial charge in [0.25, 0.3) is 0 Å². The summed E-state index contributed by atoms with van der Waals surface area (Å²) >= 11 is 6.17. The number of rotatable bonds is 5. The molecular weight excluding hydrogens is 395 g/mol. The highest BCUT2D eigenvalue weighted by atomic mass is 35.5. The molecule has 1 N–H and O–H groups in total. The first-order valence-electron chi connectivity index (χ1n) is 11.3. The van der Waals surface area contributed by atoms with Gasteiger partial charge in [0.1, 0.15) is 11.5 Å². The number of nitrogens with zero attached hydrogens (tertiary/aromatic N) is 1. The van der Waals surface area contributed by atoms with E-state index >= 15 is 0 Å². The van der Waals surface area contributed by atoms with Gasteiger partial charge in [-0.15, -0.1) is 0 Å². The fraction of sp³-hybridized carbons (Fsp3) is 0.500. The standard InChI is InChI=1S/C26H32ClFN2/c1-17-9-10-18(15-22(17)26(2,3)28)11-12-19-7-5-4-6-8-21(19)25-29-23-14-13-20(27)16-24(23)30-25/h9-10,13-16,19,21H,4-8,11-12H2,1-3H3,(H,29,30). The second-order valence-electron chi connectivity index (χ2n) is 9.45. The molecule has 30 heavy (non-hydrogen) atoms. The van der Waals surface area contributed by atoms with Crippen molar-refractivity contribution < 1.29 is 4.39 Å². The van der Waals surface area contributed by atoms with E-state index in [1.165, 1.54) is 37.7 Å². The zero-order chi connectivity index (χ0) is 21.3. The van der Waals surface area contributed by atoms with Gasteiger partial charge in [-0.1, -0.05) is 49.1 Å². The van der Waals surface area contributed by atoms with Crippen LogP contribution in [0.5, 0.6) is 0 Å². The van der Waals surface area contributed by atoms with Crippen molar-refractivity contribution in [1.29, 1.82) is 0 Å². The SMILES string of the molecule is Cc1ccc(CCC2CCCCCC2c2nc3ccc(Cl)cc3[nH]2)cc1C(C)(C)F. The van der Waals surface area contributed by atoms with Crippen LogP contribution >= 0.6 is 11.6 Å². The third-order valence-corrected chi connectivity index (χ3v) is 6.95. The Morgan fingerprint density at radius 2 is 1.90 bits per heavy atom. The van der Waals surface area contributed by atoms with Crippen molar-refractivity contribution in [1.82, 2.24) is 9.97 Å². The van der Waals surface area contributed by atoms with E-state index in [1.807, 2.05) is 25.1 Å². The van der Waals surface area contributed by atoms with Crippen LogP contribution < -0.4 is 0 Å². The molecule has 1 saturated carbocycles. The average Bonchev–Trinajstić information content (AvgIpc) is 2.95. The van der Waals surface area contributed by atoms with Crippen molar-refractivity contribution in [2.24, 2.45) is 5.92 Å². The van der Waals surface area contributed by atoms with Crippen LogP contribution in [0.4, 0.5) is 4.39 Å². The van der Waals surface area contributed by atoms with Crippen molar-refractivity contribution in [2.75, 3.05) is 0 Å². The molecule has 1 heterocycles. The number of imidazole rings is 1. The van der Waals surface area contributed by atoms with Crippen LogP contribution in [0.3, 0.4) is 0 Å². The van der Waals surface area contributed by atoms with Crippen molar-refractivity contribution in [2.45, 2.75) is 77.3 Å². The van der Waals surface area contributed by atoms with E-state index in [9.17, 15) is 4.39 Å². The summed E-state index contributed by atoms with van der Waals surface area (Å²) in [4.78, 5) is 8.47. The van der Waals surface area contributed by atoms with Crippen LogP contribution in [0.25, 0.3) is 11.0 Å². The van der Waals surface area contributed by atoms with Crippen molar-refractivity contribution >= 4 is 22.6 Å². The summed E-state index contributed by atoms with van der Waals surface area (Å²) < 4.78 is 14.6. The van der Waals surface area contributed by atoms with Crippen molar-refractivity contribution in [3.8, 4) is 0 Å². The number of alkyl halides is 1. The smallest absolute Gasteiger partial charge is 0.130 e. The number of aromatic amines is 1. The van der Waals surface area contributed by atoms with Gasteiger partial charge in [-0.25, -0.2) is 9.37 Å². The highest BCUT2D eigenvalue weighted by Crippen LogP contribution is 2.39. The lowest BCUT2D eigenvalue weighted by Crippen LogP contribution is -2.15. The Labute approximate surface area is 184 Å². The van der Waals surface area contributed by atoms with E-state index in [2.05, 4.69) is 23.2 Å². The van der Waals surface area contributed by atoms with E-state index in [1.54, 1.807) is 13.8 Å². The van der Waals surface area contributed by atoms with Gasteiger partial charge in [-0.2, -0.15) is 0 Å². The number of nitrogens with one attached hydrogen (secondary N) is 1. The van der Waals surface area contributed by atoms with Crippen LogP contribution in [0.1, 0.15) is 80.8 Å². The Bertz CT molecular complexity index is 1020. The van der Waals surface area contributed by atoms with E-state index in [-0.39, 0.29) is 0 Å². The Kier molecular flexibility index (Phi) is 6.20. The number of aromatic nitrogens is 2. The van der Waals surface area contributed by atoms with Crippen LogP contribution in [0, 0.1) is 12.8 Å². The van der Waals surface area contributed by atoms with Crippen molar-refractivity contribution in [3.05, 3.63) is 63.9 Å². The molecule has 3 aromatic rings. The van der Waals surface area contributed by atoms with Crippen LogP contribution in [0.15, 0.2) is 36.4 Å². The van der Waals surface area contributed by atoms with Crippen molar-refractivity contribution in [3.63, 3.8) is 0 Å². The van der Waals surface area contributed by atoms with Crippen LogP contribution in [0.2, 0.25) is 5.02 Å². The van der Waals surface area contributed by atoms with E-state index in [0.717, 1.165) is 45.8 Å². The van der Waals surface area contributed by atoms with Gasteiger partial charge in [-0.05, 0) is 87.3 Å². The van der Waals surface area contributed by atoms with Gasteiger partial charge in [0.05, 0.1) is 11.0 Å². The number of hydrogen-bond acceptors (Lipinski definition) is 1. The molecule has 2 nitrogen and oxygen atoms in total. The van der Waals surface area contributed by atoms with Gasteiger partial charge in [0.2, 0.25) is 0 Å². The fourth-order valence-electron chi connectivity index (χ4n) is 5.08. The molecule has 4 heteroatoms. The molecule has 1 fully saturated rings. The number of aryl methyl sites for hydroxylation is 2. The summed E-state index contributed by atoms with van der Waals surface area (Å²) in [6, 6.07) is 12.2. The predicted molar refractivity (Wildman–Crippen MR) is 124 cm³/mol. The number of halogens is 2. The normalized spacial score (nSPS) is 20.4. The lowest BCUT2D eigenvalue weighted by atomic mass is 9.82. The third kappa shape index (κ3) is 4.72. The molecule has 2 aromatic carbocycles. The molecule has 2 atom stereocenters. The minimum atomic E-state index is -1.31. The molecule has 0 bridgehead atoms.